The van der Waals surface area contributed by atoms with Crippen LogP contribution in [0.25, 0.3) is 29.9 Å². The van der Waals surface area contributed by atoms with Gasteiger partial charge in [-0.1, -0.05) is 145 Å². The van der Waals surface area contributed by atoms with Crippen molar-refractivity contribution < 1.29 is 24.2 Å². The summed E-state index contributed by atoms with van der Waals surface area (Å²) in [7, 11) is 1.35. The molecular weight excluding hydrogens is 821 g/mol. The zero-order valence-electron chi connectivity index (χ0n) is 41.5. The van der Waals surface area contributed by atoms with E-state index < -0.39 is 18.0 Å². The minimum absolute atomic E-state index is 0. The third-order valence-corrected chi connectivity index (χ3v) is 14.5. The van der Waals surface area contributed by atoms with Gasteiger partial charge in [0, 0.05) is 29.7 Å². The Bertz CT molecular complexity index is 2400. The monoisotopic (exact) mass is 896 g/mol. The fourth-order valence-corrected chi connectivity index (χ4v) is 10.4. The van der Waals surface area contributed by atoms with E-state index in [2.05, 4.69) is 80.3 Å². The van der Waals surface area contributed by atoms with Crippen LogP contribution in [0.15, 0.2) is 29.6 Å². The van der Waals surface area contributed by atoms with Gasteiger partial charge in [0.05, 0.1) is 13.2 Å². The number of aromatic nitrogens is 3. The van der Waals surface area contributed by atoms with Gasteiger partial charge in [-0.15, -0.1) is 33.5 Å². The zero-order chi connectivity index (χ0) is 46.4. The number of rotatable bonds is 20. The van der Waals surface area contributed by atoms with E-state index in [-0.39, 0.29) is 53.9 Å². The van der Waals surface area contributed by atoms with Crippen LogP contribution in [0.4, 0.5) is 0 Å². The largest absolute Gasteiger partial charge is 2.00 e. The molecule has 8 bridgehead atoms. The molecule has 9 nitrogen and oxygen atoms in total. The van der Waals surface area contributed by atoms with Gasteiger partial charge in [0.25, 0.3) is 0 Å². The van der Waals surface area contributed by atoms with Crippen molar-refractivity contribution in [1.29, 1.82) is 0 Å². The summed E-state index contributed by atoms with van der Waals surface area (Å²) < 4.78 is 11.1. The molecule has 3 aliphatic rings. The molecule has 6 rings (SSSR count). The van der Waals surface area contributed by atoms with Crippen LogP contribution in [0.5, 0.6) is 0 Å². The van der Waals surface area contributed by atoms with E-state index in [4.69, 9.17) is 24.4 Å². The maximum Gasteiger partial charge on any atom is 2.00 e. The average Bonchev–Trinajstić information content (AvgIpc) is 3.99. The van der Waals surface area contributed by atoms with Crippen molar-refractivity contribution >= 4 is 64.9 Å². The summed E-state index contributed by atoms with van der Waals surface area (Å²) in [6.45, 7) is 26.3. The van der Waals surface area contributed by atoms with E-state index in [1.807, 2.05) is 31.2 Å². The molecule has 1 aliphatic carbocycles. The smallest absolute Gasteiger partial charge is 0.657 e. The summed E-state index contributed by atoms with van der Waals surface area (Å²) in [4.78, 5) is 42.5. The van der Waals surface area contributed by atoms with Gasteiger partial charge in [0.1, 0.15) is 12.5 Å². The second kappa shape index (κ2) is 23.1. The number of hydrogen-bond donors (Lipinski definition) is 2. The number of ether oxygens (including phenoxy) is 2. The van der Waals surface area contributed by atoms with Crippen molar-refractivity contribution in [3.8, 4) is 0 Å². The number of allylic oxidation sites excluding steroid dienone is 3. The van der Waals surface area contributed by atoms with Crippen LogP contribution >= 0.6 is 0 Å². The number of carbonyl (C=O) groups excluding carboxylic acids is 2. The van der Waals surface area contributed by atoms with Crippen LogP contribution in [0.1, 0.15) is 181 Å². The molecular formula is C55H75MgN4O5-. The van der Waals surface area contributed by atoms with E-state index in [0.717, 1.165) is 98.3 Å². The third kappa shape index (κ3) is 11.8. The predicted octanol–water partition coefficient (Wildman–Crippen LogP) is 9.43. The molecule has 1 saturated heterocycles. The first kappa shape index (κ1) is 52.0. The number of carbonyl (C=O) groups is 2. The summed E-state index contributed by atoms with van der Waals surface area (Å²) >= 11 is 0. The summed E-state index contributed by atoms with van der Waals surface area (Å²) in [5.74, 6) is 0.216. The van der Waals surface area contributed by atoms with Crippen LogP contribution in [-0.2, 0) is 25.5 Å². The van der Waals surface area contributed by atoms with Crippen LogP contribution < -0.4 is 31.0 Å². The standard InChI is InChI=1S/C55H75N4O5.Mg/c1-13-39-35(8)42-28-44-37(10)41(24-25-48(60)64-27-26-34(7)23-17-22-33(6)21-16-20-32(5)19-15-18-31(3)4)52(58-44)50-51(55(62)63-12)54(61)49-38(11)45(59-53(49)50)30-47-40(14-2)36(9)43(57-47)29-46(39)56-42;/h13,26,28-33,37,41,51,54,58,61H,1,14-25,27H2,2-12H3;/q-3;+2/b34-26+,43-29-,44-28-,47-30-,52-50-;/t32-,33-,37+,41+,51-,54-;/m1./s1. The topological polar surface area (TPSA) is 127 Å². The summed E-state index contributed by atoms with van der Waals surface area (Å²) in [5.41, 5.74) is 11.9. The summed E-state index contributed by atoms with van der Waals surface area (Å²) in [5, 5.41) is 17.4. The first-order valence-corrected chi connectivity index (χ1v) is 24.2. The molecule has 6 atom stereocenters. The Morgan fingerprint density at radius 2 is 1.51 bits per heavy atom. The number of fused-ring (bicyclic) bond motifs is 7. The van der Waals surface area contributed by atoms with Crippen molar-refractivity contribution in [2.75, 3.05) is 13.7 Å². The molecule has 10 heteroatoms. The van der Waals surface area contributed by atoms with Gasteiger partial charge in [-0.2, -0.15) is 0 Å². The number of methoxy groups -OCH3 is 1. The number of aliphatic hydroxyl groups excluding tert-OH is 1. The fraction of sp³-hybridized carbons (Fsp3) is 0.564. The van der Waals surface area contributed by atoms with E-state index in [9.17, 15) is 14.7 Å². The Morgan fingerprint density at radius 1 is 0.862 bits per heavy atom. The van der Waals surface area contributed by atoms with Crippen LogP contribution in [0, 0.1) is 56.3 Å². The SMILES string of the molecule is C=Cc1c2[n-]c(c1C)/C=C1\N/C(=C3\c4[n-]c(c(C)c4[C@@H](O)[C@@H]3C(=O)OC)/C=c3\[n-]/c(c(C)c3CC)=C\2)[C@@H](CCC(=O)OC/C=C(\C)CCC[C@H](C)CCC[C@H](C)CCCC(C)C)[C@@H]1C.[Mg+2]. The Morgan fingerprint density at radius 3 is 2.15 bits per heavy atom. The summed E-state index contributed by atoms with van der Waals surface area (Å²) in [6.07, 6.45) is 21.6. The Hall–Kier alpha value is -3.99. The van der Waals surface area contributed by atoms with Crippen molar-refractivity contribution in [2.24, 2.45) is 35.5 Å². The first-order chi connectivity index (χ1) is 30.6. The maximum absolute atomic E-state index is 13.7. The normalized spacial score (nSPS) is 22.8. The molecule has 0 aromatic carbocycles. The predicted molar refractivity (Wildman–Crippen MR) is 265 cm³/mol. The fourth-order valence-electron chi connectivity index (χ4n) is 10.4. The van der Waals surface area contributed by atoms with Gasteiger partial charge in [-0.3, -0.25) is 9.59 Å². The number of esters is 2. The number of aliphatic hydroxyl groups is 1. The molecule has 3 aromatic rings. The molecule has 2 N–H and O–H groups in total. The molecule has 0 spiro atoms. The molecule has 0 amide bonds. The van der Waals surface area contributed by atoms with Gasteiger partial charge in [0.15, 0.2) is 0 Å². The number of hydrogen-bond acceptors (Lipinski definition) is 6. The van der Waals surface area contributed by atoms with Gasteiger partial charge in [0.2, 0.25) is 0 Å². The van der Waals surface area contributed by atoms with Gasteiger partial charge in [-0.25, -0.2) is 0 Å². The number of nitrogens with zero attached hydrogens (tertiary/aromatic N) is 3. The first-order valence-electron chi connectivity index (χ1n) is 24.2. The van der Waals surface area contributed by atoms with Crippen LogP contribution in [-0.4, -0.2) is 53.8 Å². The van der Waals surface area contributed by atoms with E-state index in [1.54, 1.807) is 0 Å². The minimum atomic E-state index is -1.16. The van der Waals surface area contributed by atoms with Crippen molar-refractivity contribution in [3.05, 3.63) is 96.5 Å². The van der Waals surface area contributed by atoms with Crippen LogP contribution in [0.3, 0.4) is 0 Å². The number of nitrogens with one attached hydrogen (secondary N) is 1. The Labute approximate surface area is 405 Å². The molecule has 0 unspecified atom stereocenters. The van der Waals surface area contributed by atoms with Gasteiger partial charge >= 0.3 is 35.0 Å². The molecule has 3 aromatic heterocycles. The third-order valence-electron chi connectivity index (χ3n) is 14.5. The zero-order valence-corrected chi connectivity index (χ0v) is 42.9. The van der Waals surface area contributed by atoms with Gasteiger partial charge in [-0.05, 0) is 93.9 Å². The summed E-state index contributed by atoms with van der Waals surface area (Å²) in [6, 6.07) is 0. The quantitative estimate of drug-likeness (QED) is 0.0648. The Kier molecular flexibility index (Phi) is 18.5. The molecule has 65 heavy (non-hydrogen) atoms. The van der Waals surface area contributed by atoms with Crippen LogP contribution in [0.2, 0.25) is 0 Å². The molecule has 348 valence electrons. The molecule has 1 fully saturated rings. The second-order valence-corrected chi connectivity index (χ2v) is 19.7. The maximum atomic E-state index is 13.7. The second-order valence-electron chi connectivity index (χ2n) is 19.7. The molecule has 5 heterocycles. The molecule has 2 aliphatic heterocycles. The van der Waals surface area contributed by atoms with Gasteiger partial charge < -0.3 is 34.8 Å². The van der Waals surface area contributed by atoms with E-state index >= 15 is 0 Å². The Balaban J connectivity index is 0.00000793. The van der Waals surface area contributed by atoms with Crippen molar-refractivity contribution in [2.45, 2.75) is 152 Å². The van der Waals surface area contributed by atoms with Crippen molar-refractivity contribution in [3.63, 3.8) is 0 Å². The minimum Gasteiger partial charge on any atom is -0.657 e. The van der Waals surface area contributed by atoms with Crippen molar-refractivity contribution in [1.82, 2.24) is 20.3 Å². The van der Waals surface area contributed by atoms with E-state index in [0.29, 0.717) is 28.9 Å². The average molecular weight is 897 g/mol. The molecule has 0 saturated carbocycles. The van der Waals surface area contributed by atoms with E-state index in [1.165, 1.54) is 57.6 Å². The molecule has 0 radical (unpaired) electrons.